The lowest BCUT2D eigenvalue weighted by Crippen LogP contribution is -2.49. The molecule has 0 saturated carbocycles. The minimum absolute atomic E-state index is 0.217. The zero-order valence-corrected chi connectivity index (χ0v) is 16.4. The number of allylic oxidation sites excluding steroid dienone is 2. The third-order valence-corrected chi connectivity index (χ3v) is 4.72. The lowest BCUT2D eigenvalue weighted by Gasteiger charge is -2.36. The zero-order chi connectivity index (χ0) is 17.9. The van der Waals surface area contributed by atoms with Crippen LogP contribution >= 0.6 is 0 Å². The standard InChI is InChI=1S/C19H35BNO2/c1-9-21-16-14(13-17(2,3)4)11-10-12-15(16)20-23-19(7,8)18(5,6)22/h10-11,14-15,22H,9,12-13H2,1-8H3/p+1. The third kappa shape index (κ3) is 6.08. The summed E-state index contributed by atoms with van der Waals surface area (Å²) in [6.07, 6.45) is 6.60. The minimum Gasteiger partial charge on any atom is -0.439 e. The van der Waals surface area contributed by atoms with E-state index in [1.807, 2.05) is 35.2 Å². The first-order valence-electron chi connectivity index (χ1n) is 8.84. The molecule has 1 aliphatic carbocycles. The van der Waals surface area contributed by atoms with Gasteiger partial charge < -0.3 is 9.76 Å². The van der Waals surface area contributed by atoms with Crippen LogP contribution in [-0.4, -0.2) is 36.0 Å². The van der Waals surface area contributed by atoms with E-state index in [0.717, 1.165) is 19.4 Å². The maximum atomic E-state index is 8.25. The van der Waals surface area contributed by atoms with Crippen LogP contribution in [0.4, 0.5) is 0 Å². The van der Waals surface area contributed by atoms with E-state index in [4.69, 9.17) is 14.8 Å². The van der Waals surface area contributed by atoms with E-state index < -0.39 is 11.2 Å². The molecule has 2 atom stereocenters. The van der Waals surface area contributed by atoms with Crippen molar-refractivity contribution in [3.63, 3.8) is 0 Å². The number of hydrogen-bond donors (Lipinski definition) is 0. The van der Waals surface area contributed by atoms with Crippen LogP contribution in [0.1, 0.15) is 68.2 Å². The molecular formula is C19H36BNO2+. The lowest BCUT2D eigenvalue weighted by molar-refractivity contribution is -0.0906. The van der Waals surface area contributed by atoms with Crippen molar-refractivity contribution < 1.29 is 9.76 Å². The summed E-state index contributed by atoms with van der Waals surface area (Å²) in [4.78, 5) is 4.80. The SMILES string of the molecule is CCN=C1C([B]OC(C)(C)C(C)(C)[OH2+])CC=CC1CC(C)(C)C. The van der Waals surface area contributed by atoms with Crippen molar-refractivity contribution in [3.8, 4) is 0 Å². The molecule has 1 rings (SSSR count). The molecule has 0 aromatic heterocycles. The van der Waals surface area contributed by atoms with Crippen molar-refractivity contribution >= 4 is 13.2 Å². The smallest absolute Gasteiger partial charge is 0.303 e. The summed E-state index contributed by atoms with van der Waals surface area (Å²) in [5.74, 6) is 0.606. The molecule has 0 aliphatic heterocycles. The maximum Gasteiger partial charge on any atom is 0.303 e. The molecule has 0 aromatic carbocycles. The summed E-state index contributed by atoms with van der Waals surface area (Å²) in [5, 5.41) is 8.25. The van der Waals surface area contributed by atoms with Gasteiger partial charge in [0.15, 0.2) is 5.60 Å². The molecule has 0 saturated heterocycles. The Labute approximate surface area is 143 Å². The average molecular weight is 321 g/mol. The number of nitrogens with zero attached hydrogens (tertiary/aromatic N) is 1. The largest absolute Gasteiger partial charge is 0.439 e. The van der Waals surface area contributed by atoms with Gasteiger partial charge in [-0.15, -0.1) is 0 Å². The molecule has 23 heavy (non-hydrogen) atoms. The second-order valence-electron chi connectivity index (χ2n) is 8.93. The highest BCUT2D eigenvalue weighted by molar-refractivity contribution is 6.39. The Morgan fingerprint density at radius 1 is 1.22 bits per heavy atom. The monoisotopic (exact) mass is 321 g/mol. The first kappa shape index (κ1) is 20.4. The molecule has 0 heterocycles. The highest BCUT2D eigenvalue weighted by atomic mass is 16.5. The summed E-state index contributed by atoms with van der Waals surface area (Å²) in [5.41, 5.74) is 0.337. The first-order valence-corrected chi connectivity index (χ1v) is 8.84. The lowest BCUT2D eigenvalue weighted by atomic mass is 9.65. The van der Waals surface area contributed by atoms with Crippen LogP contribution in [0, 0.1) is 11.3 Å². The highest BCUT2D eigenvalue weighted by Crippen LogP contribution is 2.35. The maximum absolute atomic E-state index is 8.25. The van der Waals surface area contributed by atoms with Crippen molar-refractivity contribution in [3.05, 3.63) is 12.2 Å². The molecule has 0 fully saturated rings. The second kappa shape index (κ2) is 7.52. The molecule has 2 unspecified atom stereocenters. The van der Waals surface area contributed by atoms with E-state index in [1.54, 1.807) is 0 Å². The minimum atomic E-state index is -0.652. The van der Waals surface area contributed by atoms with Crippen LogP contribution in [0.5, 0.6) is 0 Å². The highest BCUT2D eigenvalue weighted by Gasteiger charge is 2.42. The summed E-state index contributed by atoms with van der Waals surface area (Å²) < 4.78 is 6.06. The van der Waals surface area contributed by atoms with Crippen molar-refractivity contribution in [2.24, 2.45) is 16.3 Å². The van der Waals surface area contributed by atoms with Crippen LogP contribution < -0.4 is 0 Å². The molecule has 0 aromatic rings. The normalized spacial score (nSPS) is 25.0. The van der Waals surface area contributed by atoms with E-state index in [0.29, 0.717) is 5.92 Å². The molecule has 0 bridgehead atoms. The van der Waals surface area contributed by atoms with Crippen molar-refractivity contribution in [2.75, 3.05) is 6.54 Å². The zero-order valence-electron chi connectivity index (χ0n) is 16.4. The van der Waals surface area contributed by atoms with Gasteiger partial charge in [0, 0.05) is 37.8 Å². The van der Waals surface area contributed by atoms with E-state index in [2.05, 4.69) is 39.8 Å². The van der Waals surface area contributed by atoms with Gasteiger partial charge in [0.2, 0.25) is 0 Å². The van der Waals surface area contributed by atoms with E-state index in [1.165, 1.54) is 5.71 Å². The summed E-state index contributed by atoms with van der Waals surface area (Å²) in [6.45, 7) is 17.5. The topological polar surface area (TPSA) is 44.5 Å². The molecule has 1 aliphatic rings. The molecule has 0 spiro atoms. The Kier molecular flexibility index (Phi) is 6.69. The van der Waals surface area contributed by atoms with E-state index >= 15 is 0 Å². The van der Waals surface area contributed by atoms with Gasteiger partial charge in [0.05, 0.1) is 0 Å². The van der Waals surface area contributed by atoms with E-state index in [-0.39, 0.29) is 11.2 Å². The predicted molar refractivity (Wildman–Crippen MR) is 102 cm³/mol. The Morgan fingerprint density at radius 2 is 1.83 bits per heavy atom. The van der Waals surface area contributed by atoms with Crippen LogP contribution in [0.3, 0.4) is 0 Å². The Morgan fingerprint density at radius 3 is 2.30 bits per heavy atom. The van der Waals surface area contributed by atoms with Crippen LogP contribution in [0.25, 0.3) is 0 Å². The van der Waals surface area contributed by atoms with Gasteiger partial charge in [0.25, 0.3) is 0 Å². The predicted octanol–water partition coefficient (Wildman–Crippen LogP) is 4.17. The average Bonchev–Trinajstić information content (AvgIpc) is 2.36. The van der Waals surface area contributed by atoms with Crippen LogP contribution in [0.2, 0.25) is 5.82 Å². The number of hydrogen-bond acceptors (Lipinski definition) is 2. The quantitative estimate of drug-likeness (QED) is 0.411. The van der Waals surface area contributed by atoms with Crippen LogP contribution in [-0.2, 0) is 4.65 Å². The molecule has 2 N–H and O–H groups in total. The fourth-order valence-corrected chi connectivity index (χ4v) is 2.66. The summed E-state index contributed by atoms with van der Waals surface area (Å²) in [6, 6.07) is 0. The van der Waals surface area contributed by atoms with Gasteiger partial charge in [-0.3, -0.25) is 4.99 Å². The second-order valence-corrected chi connectivity index (χ2v) is 8.93. The number of rotatable bonds is 6. The fraction of sp³-hybridized carbons (Fsp3) is 0.842. The third-order valence-electron chi connectivity index (χ3n) is 4.72. The first-order chi connectivity index (χ1) is 10.4. The molecular weight excluding hydrogens is 285 g/mol. The van der Waals surface area contributed by atoms with Gasteiger partial charge in [-0.2, -0.15) is 0 Å². The Balaban J connectivity index is 2.86. The summed E-state index contributed by atoms with van der Waals surface area (Å²) >= 11 is 0. The van der Waals surface area contributed by atoms with Crippen molar-refractivity contribution in [1.82, 2.24) is 0 Å². The molecule has 1 radical (unpaired) electrons. The fourth-order valence-electron chi connectivity index (χ4n) is 2.66. The van der Waals surface area contributed by atoms with Gasteiger partial charge in [-0.25, -0.2) is 0 Å². The van der Waals surface area contributed by atoms with Crippen molar-refractivity contribution in [1.29, 1.82) is 0 Å². The van der Waals surface area contributed by atoms with Crippen molar-refractivity contribution in [2.45, 2.75) is 85.3 Å². The summed E-state index contributed by atoms with van der Waals surface area (Å²) in [7, 11) is 1.93. The van der Waals surface area contributed by atoms with Gasteiger partial charge in [-0.05, 0) is 39.0 Å². The van der Waals surface area contributed by atoms with Gasteiger partial charge >= 0.3 is 7.48 Å². The molecule has 0 amide bonds. The van der Waals surface area contributed by atoms with Crippen LogP contribution in [0.15, 0.2) is 17.1 Å². The number of aliphatic imine (C=N–C) groups is 1. The molecule has 131 valence electrons. The Hall–Kier alpha value is -0.605. The van der Waals surface area contributed by atoms with Gasteiger partial charge in [0.1, 0.15) is 5.60 Å². The van der Waals surface area contributed by atoms with E-state index in [9.17, 15) is 0 Å². The molecule has 4 heteroatoms. The van der Waals surface area contributed by atoms with Gasteiger partial charge in [-0.1, -0.05) is 32.9 Å². The molecule has 3 nitrogen and oxygen atoms in total. The Bertz CT molecular complexity index is 441.